The number of benzene rings is 2. The average molecular weight is 380 g/mol. The van der Waals surface area contributed by atoms with Crippen LogP contribution < -0.4 is 5.32 Å². The molecule has 2 aromatic carbocycles. The number of rotatable bonds is 3. The second-order valence-electron chi connectivity index (χ2n) is 7.21. The Bertz CT molecular complexity index is 989. The van der Waals surface area contributed by atoms with Gasteiger partial charge < -0.3 is 14.7 Å². The quantitative estimate of drug-likeness (QED) is 0.729. The molecule has 2 heterocycles. The lowest BCUT2D eigenvalue weighted by Crippen LogP contribution is -2.33. The molecule has 28 heavy (non-hydrogen) atoms. The van der Waals surface area contributed by atoms with Crippen molar-refractivity contribution >= 4 is 11.7 Å². The maximum absolute atomic E-state index is 13.7. The summed E-state index contributed by atoms with van der Waals surface area (Å²) in [5, 5.41) is 6.83. The minimum absolute atomic E-state index is 0.0366. The molecule has 7 heteroatoms. The third-order valence-electron chi connectivity index (χ3n) is 5.11. The number of carbonyl (C=O) groups is 1. The number of nitrogens with one attached hydrogen (secondary N) is 1. The lowest BCUT2D eigenvalue weighted by Gasteiger charge is -2.17. The molecular weight excluding hydrogens is 359 g/mol. The lowest BCUT2D eigenvalue weighted by molar-refractivity contribution is 0.220. The fourth-order valence-electron chi connectivity index (χ4n) is 3.42. The fourth-order valence-corrected chi connectivity index (χ4v) is 3.42. The lowest BCUT2D eigenvalue weighted by atomic mass is 9.98. The van der Waals surface area contributed by atoms with Crippen molar-refractivity contribution in [3.63, 3.8) is 0 Å². The Balaban J connectivity index is 1.45. The van der Waals surface area contributed by atoms with E-state index in [4.69, 9.17) is 4.52 Å². The highest BCUT2D eigenvalue weighted by Crippen LogP contribution is 2.32. The molecule has 1 N–H and O–H groups in total. The molecule has 0 bridgehead atoms. The molecule has 1 saturated heterocycles. The van der Waals surface area contributed by atoms with Crippen LogP contribution in [0.2, 0.25) is 0 Å². The summed E-state index contributed by atoms with van der Waals surface area (Å²) in [5.74, 6) is 0.865. The van der Waals surface area contributed by atoms with Crippen LogP contribution in [0.4, 0.5) is 14.9 Å². The minimum Gasteiger partial charge on any atom is -0.339 e. The summed E-state index contributed by atoms with van der Waals surface area (Å²) in [5.41, 5.74) is 1.87. The molecule has 2 amide bonds. The predicted octanol–water partition coefficient (Wildman–Crippen LogP) is 4.45. The Labute approximate surface area is 162 Å². The third kappa shape index (κ3) is 3.60. The Hall–Kier alpha value is -3.22. The van der Waals surface area contributed by atoms with Gasteiger partial charge in [0.2, 0.25) is 11.7 Å². The van der Waals surface area contributed by atoms with Crippen LogP contribution in [-0.2, 0) is 0 Å². The van der Waals surface area contributed by atoms with Crippen molar-refractivity contribution in [2.24, 2.45) is 5.92 Å². The van der Waals surface area contributed by atoms with Crippen molar-refractivity contribution in [2.75, 3.05) is 18.4 Å². The first kappa shape index (κ1) is 18.2. The molecule has 144 valence electrons. The van der Waals surface area contributed by atoms with E-state index in [1.165, 1.54) is 6.07 Å². The number of carbonyl (C=O) groups excluding carboxylic acids is 1. The molecule has 0 saturated carbocycles. The Morgan fingerprint density at radius 1 is 1.21 bits per heavy atom. The van der Waals surface area contributed by atoms with Crippen molar-refractivity contribution in [3.05, 3.63) is 65.8 Å². The van der Waals surface area contributed by atoms with Crippen molar-refractivity contribution in [1.82, 2.24) is 15.0 Å². The molecule has 0 spiro atoms. The van der Waals surface area contributed by atoms with E-state index in [2.05, 4.69) is 22.4 Å². The number of nitrogens with zero attached hydrogens (tertiary/aromatic N) is 3. The van der Waals surface area contributed by atoms with Gasteiger partial charge in [0.25, 0.3) is 0 Å². The monoisotopic (exact) mass is 380 g/mol. The number of urea groups is 1. The van der Waals surface area contributed by atoms with Gasteiger partial charge >= 0.3 is 6.03 Å². The highest BCUT2D eigenvalue weighted by Gasteiger charge is 2.37. The van der Waals surface area contributed by atoms with Gasteiger partial charge in [-0.3, -0.25) is 0 Å². The van der Waals surface area contributed by atoms with Gasteiger partial charge in [-0.05, 0) is 30.5 Å². The molecule has 1 aliphatic rings. The first-order valence-electron chi connectivity index (χ1n) is 9.22. The van der Waals surface area contributed by atoms with Gasteiger partial charge in [0.15, 0.2) is 0 Å². The highest BCUT2D eigenvalue weighted by atomic mass is 19.1. The molecule has 6 nitrogen and oxygen atoms in total. The molecule has 4 rings (SSSR count). The second kappa shape index (κ2) is 7.42. The fraction of sp³-hybridized carbons (Fsp3) is 0.286. The van der Waals surface area contributed by atoms with Gasteiger partial charge in [-0.25, -0.2) is 9.18 Å². The third-order valence-corrected chi connectivity index (χ3v) is 5.11. The molecule has 2 atom stereocenters. The normalized spacial score (nSPS) is 19.0. The van der Waals surface area contributed by atoms with Crippen LogP contribution >= 0.6 is 0 Å². The van der Waals surface area contributed by atoms with Crippen molar-refractivity contribution < 1.29 is 13.7 Å². The van der Waals surface area contributed by atoms with E-state index < -0.39 is 0 Å². The smallest absolute Gasteiger partial charge is 0.321 e. The van der Waals surface area contributed by atoms with Gasteiger partial charge in [-0.15, -0.1) is 0 Å². The molecule has 1 fully saturated rings. The largest absolute Gasteiger partial charge is 0.339 e. The number of hydrogen-bond acceptors (Lipinski definition) is 4. The zero-order valence-electron chi connectivity index (χ0n) is 15.7. The molecule has 3 aromatic rings. The van der Waals surface area contributed by atoms with Gasteiger partial charge in [-0.1, -0.05) is 48.5 Å². The molecule has 1 aromatic heterocycles. The zero-order valence-corrected chi connectivity index (χ0v) is 15.7. The SMILES string of the molecule is Cc1ccc(NC(=O)N2C[C@H](c3nc(-c4ccccc4)no3)[C@@H](C)C2)cc1F. The number of halogens is 1. The first-order valence-corrected chi connectivity index (χ1v) is 9.22. The molecule has 1 aliphatic heterocycles. The highest BCUT2D eigenvalue weighted by molar-refractivity contribution is 5.89. The van der Waals surface area contributed by atoms with E-state index in [1.54, 1.807) is 24.0 Å². The average Bonchev–Trinajstić information content (AvgIpc) is 3.32. The van der Waals surface area contributed by atoms with E-state index in [9.17, 15) is 9.18 Å². The summed E-state index contributed by atoms with van der Waals surface area (Å²) in [6.45, 7) is 4.77. The van der Waals surface area contributed by atoms with Crippen molar-refractivity contribution in [1.29, 1.82) is 0 Å². The van der Waals surface area contributed by atoms with Gasteiger partial charge in [-0.2, -0.15) is 4.98 Å². The summed E-state index contributed by atoms with van der Waals surface area (Å²) in [6.07, 6.45) is 0. The zero-order chi connectivity index (χ0) is 19.7. The number of likely N-dealkylation sites (tertiary alicyclic amines) is 1. The van der Waals surface area contributed by atoms with E-state index in [-0.39, 0.29) is 23.7 Å². The van der Waals surface area contributed by atoms with E-state index in [0.717, 1.165) is 5.56 Å². The van der Waals surface area contributed by atoms with Crippen LogP contribution in [0.5, 0.6) is 0 Å². The van der Waals surface area contributed by atoms with Crippen LogP contribution in [0.3, 0.4) is 0 Å². The summed E-state index contributed by atoms with van der Waals surface area (Å²) in [6, 6.07) is 14.0. The minimum atomic E-state index is -0.343. The topological polar surface area (TPSA) is 71.3 Å². The summed E-state index contributed by atoms with van der Waals surface area (Å²) < 4.78 is 19.2. The number of anilines is 1. The van der Waals surface area contributed by atoms with Crippen LogP contribution in [-0.4, -0.2) is 34.2 Å². The van der Waals surface area contributed by atoms with Crippen molar-refractivity contribution in [2.45, 2.75) is 19.8 Å². The molecule has 0 aliphatic carbocycles. The van der Waals surface area contributed by atoms with Gasteiger partial charge in [0, 0.05) is 24.3 Å². The maximum Gasteiger partial charge on any atom is 0.321 e. The first-order chi connectivity index (χ1) is 13.5. The second-order valence-corrected chi connectivity index (χ2v) is 7.21. The summed E-state index contributed by atoms with van der Waals surface area (Å²) in [4.78, 5) is 18.8. The predicted molar refractivity (Wildman–Crippen MR) is 103 cm³/mol. The number of aryl methyl sites for hydroxylation is 1. The van der Waals surface area contributed by atoms with Crippen molar-refractivity contribution in [3.8, 4) is 11.4 Å². The van der Waals surface area contributed by atoms with Crippen LogP contribution in [0.1, 0.15) is 24.3 Å². The summed E-state index contributed by atoms with van der Waals surface area (Å²) in [7, 11) is 0. The molecular formula is C21H21FN4O2. The van der Waals surface area contributed by atoms with E-state index >= 15 is 0 Å². The Kier molecular flexibility index (Phi) is 4.81. The number of amides is 2. The van der Waals surface area contributed by atoms with Crippen LogP contribution in [0.25, 0.3) is 11.4 Å². The standard InChI is InChI=1S/C21H21FN4O2/c1-13-8-9-16(10-18(13)22)23-21(27)26-11-14(2)17(12-26)20-24-19(25-28-20)15-6-4-3-5-7-15/h3-10,14,17H,11-12H2,1-2H3,(H,23,27)/t14-,17-/m0/s1. The Morgan fingerprint density at radius 3 is 2.75 bits per heavy atom. The maximum atomic E-state index is 13.7. The molecule has 0 unspecified atom stereocenters. The molecule has 0 radical (unpaired) electrons. The Morgan fingerprint density at radius 2 is 2.00 bits per heavy atom. The van der Waals surface area contributed by atoms with Gasteiger partial charge in [0.05, 0.1) is 5.92 Å². The van der Waals surface area contributed by atoms with Crippen LogP contribution in [0, 0.1) is 18.7 Å². The van der Waals surface area contributed by atoms with Crippen LogP contribution in [0.15, 0.2) is 53.1 Å². The number of hydrogen-bond donors (Lipinski definition) is 1. The van der Waals surface area contributed by atoms with E-state index in [1.807, 2.05) is 30.3 Å². The van der Waals surface area contributed by atoms with E-state index in [0.29, 0.717) is 36.1 Å². The summed E-state index contributed by atoms with van der Waals surface area (Å²) >= 11 is 0. The van der Waals surface area contributed by atoms with Gasteiger partial charge in [0.1, 0.15) is 5.82 Å². The number of aromatic nitrogens is 2.